The average molecular weight is 402 g/mol. The normalized spacial score (nSPS) is 13.0. The topological polar surface area (TPSA) is 101 Å². The van der Waals surface area contributed by atoms with E-state index in [-0.39, 0.29) is 6.04 Å². The molecule has 1 aromatic heterocycles. The van der Waals surface area contributed by atoms with E-state index in [1.165, 1.54) is 0 Å². The van der Waals surface area contributed by atoms with Gasteiger partial charge in [-0.1, -0.05) is 30.3 Å². The number of carbonyl (C=O) groups excluding carboxylic acids is 1. The van der Waals surface area contributed by atoms with Crippen LogP contribution >= 0.6 is 0 Å². The predicted octanol–water partition coefficient (Wildman–Crippen LogP) is 3.22. The number of oxazole rings is 1. The van der Waals surface area contributed by atoms with Crippen LogP contribution in [0.1, 0.15) is 49.7 Å². The summed E-state index contributed by atoms with van der Waals surface area (Å²) in [5.41, 5.74) is 1.26. The number of aromatic nitrogens is 1. The van der Waals surface area contributed by atoms with E-state index < -0.39 is 11.7 Å². The van der Waals surface area contributed by atoms with Crippen molar-refractivity contribution >= 4 is 12.1 Å². The van der Waals surface area contributed by atoms with Crippen molar-refractivity contribution in [3.63, 3.8) is 0 Å². The van der Waals surface area contributed by atoms with Crippen molar-refractivity contribution in [1.82, 2.24) is 20.9 Å². The molecule has 0 aliphatic carbocycles. The monoisotopic (exact) mass is 401 g/mol. The highest BCUT2D eigenvalue weighted by Crippen LogP contribution is 2.14. The van der Waals surface area contributed by atoms with Gasteiger partial charge in [0, 0.05) is 13.6 Å². The Hall–Kier alpha value is -3.03. The molecule has 1 aromatic carbocycles. The predicted molar refractivity (Wildman–Crippen MR) is 113 cm³/mol. The fourth-order valence-electron chi connectivity index (χ4n) is 2.58. The summed E-state index contributed by atoms with van der Waals surface area (Å²) in [6.45, 7) is 10.1. The molecule has 0 saturated heterocycles. The highest BCUT2D eigenvalue weighted by atomic mass is 16.6. The van der Waals surface area contributed by atoms with Gasteiger partial charge in [-0.3, -0.25) is 4.99 Å². The van der Waals surface area contributed by atoms with E-state index >= 15 is 0 Å². The third-order valence-corrected chi connectivity index (χ3v) is 4.07. The molecule has 29 heavy (non-hydrogen) atoms. The van der Waals surface area contributed by atoms with Crippen molar-refractivity contribution in [3.05, 3.63) is 53.2 Å². The number of aliphatic imine (C=N–C) groups is 1. The van der Waals surface area contributed by atoms with Gasteiger partial charge in [-0.2, -0.15) is 0 Å². The van der Waals surface area contributed by atoms with E-state index in [2.05, 4.69) is 25.9 Å². The summed E-state index contributed by atoms with van der Waals surface area (Å²) in [5, 5.41) is 9.31. The molecule has 0 fully saturated rings. The summed E-state index contributed by atoms with van der Waals surface area (Å²) in [4.78, 5) is 20.8. The number of alkyl carbamates (subject to hydrolysis) is 1. The Bertz CT molecular complexity index is 805. The molecular formula is C21H31N5O3. The van der Waals surface area contributed by atoms with Crippen molar-refractivity contribution in [2.24, 2.45) is 4.99 Å². The lowest BCUT2D eigenvalue weighted by Gasteiger charge is -2.24. The van der Waals surface area contributed by atoms with Crippen molar-refractivity contribution in [2.45, 2.75) is 52.8 Å². The van der Waals surface area contributed by atoms with Gasteiger partial charge < -0.3 is 25.1 Å². The van der Waals surface area contributed by atoms with Gasteiger partial charge >= 0.3 is 6.09 Å². The van der Waals surface area contributed by atoms with Gasteiger partial charge in [-0.05, 0) is 40.2 Å². The second kappa shape index (κ2) is 9.95. The molecule has 1 heterocycles. The first-order chi connectivity index (χ1) is 13.7. The largest absolute Gasteiger partial charge is 0.444 e. The lowest BCUT2D eigenvalue weighted by molar-refractivity contribution is 0.0504. The molecule has 0 bridgehead atoms. The maximum absolute atomic E-state index is 12.3. The van der Waals surface area contributed by atoms with Crippen LogP contribution in [0.3, 0.4) is 0 Å². The molecule has 0 saturated carbocycles. The van der Waals surface area contributed by atoms with Crippen LogP contribution in [-0.4, -0.2) is 36.2 Å². The third-order valence-electron chi connectivity index (χ3n) is 4.07. The minimum absolute atomic E-state index is 0.296. The number of carbonyl (C=O) groups is 1. The quantitative estimate of drug-likeness (QED) is 0.508. The Labute approximate surface area is 172 Å². The molecule has 3 N–H and O–H groups in total. The number of guanidine groups is 1. The summed E-state index contributed by atoms with van der Waals surface area (Å²) in [5.74, 6) is 1.97. The summed E-state index contributed by atoms with van der Waals surface area (Å²) >= 11 is 0. The number of benzene rings is 1. The molecule has 8 heteroatoms. The van der Waals surface area contributed by atoms with Crippen LogP contribution in [0.4, 0.5) is 4.79 Å². The van der Waals surface area contributed by atoms with Crippen LogP contribution in [-0.2, 0) is 11.3 Å². The van der Waals surface area contributed by atoms with Crippen LogP contribution in [0.2, 0.25) is 0 Å². The Morgan fingerprint density at radius 3 is 2.45 bits per heavy atom. The van der Waals surface area contributed by atoms with Crippen molar-refractivity contribution in [1.29, 1.82) is 0 Å². The lowest BCUT2D eigenvalue weighted by Crippen LogP contribution is -2.44. The zero-order valence-corrected chi connectivity index (χ0v) is 18.0. The van der Waals surface area contributed by atoms with Gasteiger partial charge in [-0.25, -0.2) is 9.78 Å². The van der Waals surface area contributed by atoms with E-state index in [1.54, 1.807) is 7.05 Å². The van der Waals surface area contributed by atoms with Gasteiger partial charge in [0.15, 0.2) is 5.96 Å². The second-order valence-electron chi connectivity index (χ2n) is 7.67. The van der Waals surface area contributed by atoms with E-state index in [0.29, 0.717) is 24.9 Å². The molecule has 1 amide bonds. The van der Waals surface area contributed by atoms with Gasteiger partial charge in [0.05, 0.1) is 18.3 Å². The molecule has 1 unspecified atom stereocenters. The van der Waals surface area contributed by atoms with Crippen molar-refractivity contribution in [2.75, 3.05) is 13.6 Å². The van der Waals surface area contributed by atoms with Crippen LogP contribution < -0.4 is 16.0 Å². The third kappa shape index (κ3) is 7.48. The highest BCUT2D eigenvalue weighted by Gasteiger charge is 2.21. The van der Waals surface area contributed by atoms with Crippen LogP contribution in [0.5, 0.6) is 0 Å². The minimum Gasteiger partial charge on any atom is -0.444 e. The van der Waals surface area contributed by atoms with E-state index in [9.17, 15) is 4.79 Å². The van der Waals surface area contributed by atoms with E-state index in [1.807, 2.05) is 65.0 Å². The Morgan fingerprint density at radius 2 is 1.90 bits per heavy atom. The second-order valence-corrected chi connectivity index (χ2v) is 7.67. The lowest BCUT2D eigenvalue weighted by atomic mass is 10.1. The van der Waals surface area contributed by atoms with Crippen LogP contribution in [0.25, 0.3) is 0 Å². The standard InChI is InChI=1S/C21H31N5O3/c1-14-15(2)28-18(25-14)13-24-19(22-6)23-12-17(16-10-8-7-9-11-16)26-20(27)29-21(3,4)5/h7-11,17H,12-13H2,1-6H3,(H,26,27)(H2,22,23,24). The number of hydrogen-bond acceptors (Lipinski definition) is 5. The SMILES string of the molecule is CN=C(NCc1nc(C)c(C)o1)NCC(NC(=O)OC(C)(C)C)c1ccccc1. The summed E-state index contributed by atoms with van der Waals surface area (Å²) in [6.07, 6.45) is -0.471. The first-order valence-corrected chi connectivity index (χ1v) is 9.60. The number of rotatable bonds is 6. The summed E-state index contributed by atoms with van der Waals surface area (Å²) < 4.78 is 11.0. The fourth-order valence-corrected chi connectivity index (χ4v) is 2.58. The number of ether oxygens (including phenoxy) is 1. The molecule has 2 aromatic rings. The highest BCUT2D eigenvalue weighted by molar-refractivity contribution is 5.79. The molecule has 0 radical (unpaired) electrons. The van der Waals surface area contributed by atoms with E-state index in [0.717, 1.165) is 17.0 Å². The molecule has 1 atom stereocenters. The molecule has 0 aliphatic rings. The number of hydrogen-bond donors (Lipinski definition) is 3. The average Bonchev–Trinajstić information content (AvgIpc) is 2.97. The van der Waals surface area contributed by atoms with E-state index in [4.69, 9.17) is 9.15 Å². The first kappa shape index (κ1) is 22.3. The molecule has 158 valence electrons. The van der Waals surface area contributed by atoms with Gasteiger partial charge in [0.1, 0.15) is 11.4 Å². The number of amides is 1. The van der Waals surface area contributed by atoms with Gasteiger partial charge in [-0.15, -0.1) is 0 Å². The van der Waals surface area contributed by atoms with Crippen molar-refractivity contribution < 1.29 is 13.9 Å². The maximum atomic E-state index is 12.3. The van der Waals surface area contributed by atoms with Gasteiger partial charge in [0.2, 0.25) is 5.89 Å². The Kier molecular flexibility index (Phi) is 7.64. The first-order valence-electron chi connectivity index (χ1n) is 9.60. The maximum Gasteiger partial charge on any atom is 0.408 e. The zero-order chi connectivity index (χ0) is 21.4. The summed E-state index contributed by atoms with van der Waals surface area (Å²) in [6, 6.07) is 9.41. The fraction of sp³-hybridized carbons (Fsp3) is 0.476. The van der Waals surface area contributed by atoms with Crippen molar-refractivity contribution in [3.8, 4) is 0 Å². The molecule has 8 nitrogen and oxygen atoms in total. The Morgan fingerprint density at radius 1 is 1.21 bits per heavy atom. The molecule has 2 rings (SSSR count). The van der Waals surface area contributed by atoms with Crippen LogP contribution in [0, 0.1) is 13.8 Å². The minimum atomic E-state index is -0.567. The number of nitrogens with one attached hydrogen (secondary N) is 3. The molecule has 0 aliphatic heterocycles. The number of aryl methyl sites for hydroxylation is 2. The smallest absolute Gasteiger partial charge is 0.408 e. The Balaban J connectivity index is 1.98. The molecular weight excluding hydrogens is 370 g/mol. The summed E-state index contributed by atoms with van der Waals surface area (Å²) in [7, 11) is 1.68. The van der Waals surface area contributed by atoms with Crippen LogP contribution in [0.15, 0.2) is 39.7 Å². The molecule has 0 spiro atoms. The number of nitrogens with zero attached hydrogens (tertiary/aromatic N) is 2. The zero-order valence-electron chi connectivity index (χ0n) is 18.0. The van der Waals surface area contributed by atoms with Gasteiger partial charge in [0.25, 0.3) is 0 Å².